The van der Waals surface area contributed by atoms with Crippen molar-refractivity contribution in [3.05, 3.63) is 47.4 Å². The van der Waals surface area contributed by atoms with Crippen molar-refractivity contribution < 1.29 is 0 Å². The summed E-state index contributed by atoms with van der Waals surface area (Å²) in [6.45, 7) is 7.49. The van der Waals surface area contributed by atoms with Crippen LogP contribution in [0, 0.1) is 0 Å². The molecule has 1 saturated heterocycles. The normalized spacial score (nSPS) is 18.5. The minimum Gasteiger partial charge on any atom is -0.347 e. The van der Waals surface area contributed by atoms with Crippen LogP contribution in [0.3, 0.4) is 0 Å². The SMILES string of the molecule is CC(C)(C)c1nccc(N2CCC[C@@H]2c2nc3ccccc3s2)n1. The Morgan fingerprint density at radius 2 is 1.96 bits per heavy atom. The number of hydrogen-bond acceptors (Lipinski definition) is 5. The van der Waals surface area contributed by atoms with Crippen LogP contribution < -0.4 is 4.90 Å². The molecule has 0 bridgehead atoms. The van der Waals surface area contributed by atoms with Crippen LogP contribution >= 0.6 is 11.3 Å². The summed E-state index contributed by atoms with van der Waals surface area (Å²) in [5.41, 5.74) is 1.06. The first kappa shape index (κ1) is 15.5. The fourth-order valence-corrected chi connectivity index (χ4v) is 4.32. The quantitative estimate of drug-likeness (QED) is 0.678. The van der Waals surface area contributed by atoms with Crippen molar-refractivity contribution in [3.8, 4) is 0 Å². The minimum absolute atomic E-state index is 0.0406. The third-order valence-electron chi connectivity index (χ3n) is 4.45. The van der Waals surface area contributed by atoms with Gasteiger partial charge in [0.25, 0.3) is 0 Å². The van der Waals surface area contributed by atoms with E-state index >= 15 is 0 Å². The predicted octanol–water partition coefficient (Wildman–Crippen LogP) is 4.73. The Morgan fingerprint density at radius 1 is 1.12 bits per heavy atom. The van der Waals surface area contributed by atoms with E-state index in [-0.39, 0.29) is 5.41 Å². The molecule has 0 spiro atoms. The Kier molecular flexibility index (Phi) is 3.76. The zero-order valence-electron chi connectivity index (χ0n) is 14.4. The Bertz CT molecular complexity index is 832. The number of anilines is 1. The Morgan fingerprint density at radius 3 is 2.75 bits per heavy atom. The van der Waals surface area contributed by atoms with Gasteiger partial charge in [-0.15, -0.1) is 11.3 Å². The number of thiazole rings is 1. The average Bonchev–Trinajstić information content (AvgIpc) is 3.20. The van der Waals surface area contributed by atoms with Gasteiger partial charge < -0.3 is 4.90 Å². The summed E-state index contributed by atoms with van der Waals surface area (Å²) in [6.07, 6.45) is 4.20. The second kappa shape index (κ2) is 5.81. The molecule has 1 fully saturated rings. The molecule has 5 heteroatoms. The lowest BCUT2D eigenvalue weighted by molar-refractivity contribution is 0.543. The van der Waals surface area contributed by atoms with Gasteiger partial charge in [0.05, 0.1) is 16.3 Å². The molecule has 1 aliphatic rings. The molecule has 3 heterocycles. The maximum Gasteiger partial charge on any atom is 0.135 e. The molecular formula is C19H22N4S. The zero-order valence-corrected chi connectivity index (χ0v) is 15.2. The van der Waals surface area contributed by atoms with Gasteiger partial charge in [0.1, 0.15) is 16.6 Å². The summed E-state index contributed by atoms with van der Waals surface area (Å²) in [4.78, 5) is 16.6. The number of benzene rings is 1. The van der Waals surface area contributed by atoms with Gasteiger partial charge in [-0.3, -0.25) is 0 Å². The molecular weight excluding hydrogens is 316 g/mol. The first-order valence-corrected chi connectivity index (χ1v) is 9.30. The standard InChI is InChI=1S/C19H22N4S/c1-19(2,3)18-20-11-10-16(22-18)23-12-6-8-14(23)17-21-13-7-4-5-9-15(13)24-17/h4-5,7,9-11,14H,6,8,12H2,1-3H3/t14-/m1/s1. The molecule has 0 N–H and O–H groups in total. The lowest BCUT2D eigenvalue weighted by Crippen LogP contribution is -2.25. The number of fused-ring (bicyclic) bond motifs is 1. The van der Waals surface area contributed by atoms with Crippen LogP contribution in [0.1, 0.15) is 50.5 Å². The minimum atomic E-state index is -0.0406. The van der Waals surface area contributed by atoms with E-state index in [1.807, 2.05) is 12.3 Å². The highest BCUT2D eigenvalue weighted by atomic mass is 32.1. The van der Waals surface area contributed by atoms with Crippen molar-refractivity contribution in [2.75, 3.05) is 11.4 Å². The molecule has 0 unspecified atom stereocenters. The van der Waals surface area contributed by atoms with Crippen LogP contribution in [0.25, 0.3) is 10.2 Å². The third kappa shape index (κ3) is 2.77. The monoisotopic (exact) mass is 338 g/mol. The molecule has 1 aliphatic heterocycles. The topological polar surface area (TPSA) is 41.9 Å². The highest BCUT2D eigenvalue weighted by molar-refractivity contribution is 7.18. The smallest absolute Gasteiger partial charge is 0.135 e. The van der Waals surface area contributed by atoms with Gasteiger partial charge >= 0.3 is 0 Å². The molecule has 0 aliphatic carbocycles. The van der Waals surface area contributed by atoms with Crippen molar-refractivity contribution >= 4 is 27.4 Å². The average molecular weight is 338 g/mol. The van der Waals surface area contributed by atoms with Crippen molar-refractivity contribution in [1.29, 1.82) is 0 Å². The molecule has 4 rings (SSSR count). The molecule has 0 amide bonds. The van der Waals surface area contributed by atoms with E-state index in [2.05, 4.69) is 54.9 Å². The van der Waals surface area contributed by atoms with Gasteiger partial charge in [-0.2, -0.15) is 0 Å². The van der Waals surface area contributed by atoms with E-state index in [0.29, 0.717) is 6.04 Å². The largest absolute Gasteiger partial charge is 0.347 e. The van der Waals surface area contributed by atoms with Crippen LogP contribution in [-0.4, -0.2) is 21.5 Å². The maximum absolute atomic E-state index is 4.88. The molecule has 2 aromatic heterocycles. The molecule has 0 radical (unpaired) electrons. The fraction of sp³-hybridized carbons (Fsp3) is 0.421. The van der Waals surface area contributed by atoms with E-state index in [1.54, 1.807) is 11.3 Å². The van der Waals surface area contributed by atoms with E-state index < -0.39 is 0 Å². The van der Waals surface area contributed by atoms with Gasteiger partial charge in [0.15, 0.2) is 0 Å². The van der Waals surface area contributed by atoms with E-state index in [0.717, 1.165) is 30.1 Å². The van der Waals surface area contributed by atoms with Crippen molar-refractivity contribution in [2.24, 2.45) is 0 Å². The van der Waals surface area contributed by atoms with Crippen LogP contribution in [0.4, 0.5) is 5.82 Å². The Labute approximate surface area is 146 Å². The van der Waals surface area contributed by atoms with Crippen LogP contribution in [0.5, 0.6) is 0 Å². The second-order valence-corrected chi connectivity index (χ2v) is 8.42. The summed E-state index contributed by atoms with van der Waals surface area (Å²) in [5, 5.41) is 1.20. The summed E-state index contributed by atoms with van der Waals surface area (Å²) in [5.74, 6) is 1.92. The van der Waals surface area contributed by atoms with E-state index in [9.17, 15) is 0 Å². The summed E-state index contributed by atoms with van der Waals surface area (Å²) in [7, 11) is 0. The highest BCUT2D eigenvalue weighted by Gasteiger charge is 2.30. The molecule has 1 aromatic carbocycles. The summed E-state index contributed by atoms with van der Waals surface area (Å²) in [6, 6.07) is 10.7. The number of aromatic nitrogens is 3. The first-order valence-electron chi connectivity index (χ1n) is 8.48. The number of nitrogens with zero attached hydrogens (tertiary/aromatic N) is 4. The summed E-state index contributed by atoms with van der Waals surface area (Å²) >= 11 is 1.81. The fourth-order valence-electron chi connectivity index (χ4n) is 3.20. The lowest BCUT2D eigenvalue weighted by atomic mass is 9.96. The molecule has 4 nitrogen and oxygen atoms in total. The number of para-hydroxylation sites is 1. The highest BCUT2D eigenvalue weighted by Crippen LogP contribution is 2.38. The molecule has 3 aromatic rings. The third-order valence-corrected chi connectivity index (χ3v) is 5.59. The lowest BCUT2D eigenvalue weighted by Gasteiger charge is -2.26. The molecule has 0 saturated carbocycles. The van der Waals surface area contributed by atoms with Crippen LogP contribution in [-0.2, 0) is 5.41 Å². The van der Waals surface area contributed by atoms with Crippen LogP contribution in [0.2, 0.25) is 0 Å². The number of rotatable bonds is 2. The van der Waals surface area contributed by atoms with E-state index in [4.69, 9.17) is 9.97 Å². The predicted molar refractivity (Wildman–Crippen MR) is 99.7 cm³/mol. The zero-order chi connectivity index (χ0) is 16.7. The summed E-state index contributed by atoms with van der Waals surface area (Å²) < 4.78 is 1.26. The van der Waals surface area contributed by atoms with Gasteiger partial charge in [0, 0.05) is 18.2 Å². The van der Waals surface area contributed by atoms with E-state index in [1.165, 1.54) is 16.1 Å². The van der Waals surface area contributed by atoms with Gasteiger partial charge in [-0.25, -0.2) is 15.0 Å². The van der Waals surface area contributed by atoms with Crippen molar-refractivity contribution in [1.82, 2.24) is 15.0 Å². The Hall–Kier alpha value is -2.01. The second-order valence-electron chi connectivity index (χ2n) is 7.36. The molecule has 124 valence electrons. The van der Waals surface area contributed by atoms with Crippen LogP contribution in [0.15, 0.2) is 36.5 Å². The van der Waals surface area contributed by atoms with Gasteiger partial charge in [-0.1, -0.05) is 32.9 Å². The van der Waals surface area contributed by atoms with Gasteiger partial charge in [-0.05, 0) is 31.0 Å². The maximum atomic E-state index is 4.88. The van der Waals surface area contributed by atoms with Crippen molar-refractivity contribution in [3.63, 3.8) is 0 Å². The molecule has 1 atom stereocenters. The first-order chi connectivity index (χ1) is 11.5. The number of hydrogen-bond donors (Lipinski definition) is 0. The molecule has 24 heavy (non-hydrogen) atoms. The Balaban J connectivity index is 1.70. The van der Waals surface area contributed by atoms with Crippen molar-refractivity contribution in [2.45, 2.75) is 45.1 Å². The van der Waals surface area contributed by atoms with Gasteiger partial charge in [0.2, 0.25) is 0 Å².